The molecule has 8 heteroatoms. The summed E-state index contributed by atoms with van der Waals surface area (Å²) in [6, 6.07) is 39.5. The van der Waals surface area contributed by atoms with E-state index in [0.29, 0.717) is 22.1 Å². The summed E-state index contributed by atoms with van der Waals surface area (Å²) < 4.78 is 17.0. The van der Waals surface area contributed by atoms with E-state index in [9.17, 15) is 9.59 Å². The van der Waals surface area contributed by atoms with Crippen LogP contribution in [-0.4, -0.2) is 40.9 Å². The zero-order valence-electron chi connectivity index (χ0n) is 28.6. The molecular weight excluding hydrogens is 634 g/mol. The lowest BCUT2D eigenvalue weighted by Gasteiger charge is -2.32. The number of ether oxygens (including phenoxy) is 3. The average Bonchev–Trinajstić information content (AvgIpc) is 3.44. The Morgan fingerprint density at radius 2 is 1.16 bits per heavy atom. The van der Waals surface area contributed by atoms with Crippen molar-refractivity contribution >= 4 is 46.0 Å². The zero-order chi connectivity index (χ0) is 35.0. The lowest BCUT2D eigenvalue weighted by atomic mass is 10.0. The number of carbonyl (C=O) groups is 3. The van der Waals surface area contributed by atoms with Crippen molar-refractivity contribution in [3.8, 4) is 0 Å². The van der Waals surface area contributed by atoms with Gasteiger partial charge in [-0.2, -0.15) is 0 Å². The van der Waals surface area contributed by atoms with Crippen LogP contribution < -0.4 is 15.9 Å². The van der Waals surface area contributed by atoms with Gasteiger partial charge in [0.1, 0.15) is 17.9 Å². The van der Waals surface area contributed by atoms with E-state index in [-0.39, 0.29) is 25.1 Å². The molecule has 4 aromatic carbocycles. The van der Waals surface area contributed by atoms with Crippen molar-refractivity contribution in [2.75, 3.05) is 7.11 Å². The second-order valence-corrected chi connectivity index (χ2v) is 16.0. The molecule has 0 radical (unpaired) electrons. The number of hydrogen-bond acceptors (Lipinski definition) is 6. The first-order valence-corrected chi connectivity index (χ1v) is 18.0. The van der Waals surface area contributed by atoms with Gasteiger partial charge < -0.3 is 19.2 Å². The van der Waals surface area contributed by atoms with Crippen molar-refractivity contribution in [3.63, 3.8) is 0 Å². The molecule has 0 saturated carbocycles. The van der Waals surface area contributed by atoms with Gasteiger partial charge in [0.2, 0.25) is 0 Å². The molecule has 0 aliphatic heterocycles. The molecule has 252 valence electrons. The monoisotopic (exact) mass is 676 g/mol. The number of H-pyrrole nitrogens is 1. The Labute approximate surface area is 288 Å². The van der Waals surface area contributed by atoms with E-state index in [4.69, 9.17) is 14.2 Å². The highest BCUT2D eigenvalue weighted by Crippen LogP contribution is 2.48. The summed E-state index contributed by atoms with van der Waals surface area (Å²) in [6.45, 7) is 4.26. The molecule has 1 N–H and O–H groups in total. The van der Waals surface area contributed by atoms with E-state index >= 15 is 4.79 Å². The smallest absolute Gasteiger partial charge is 0.355 e. The first-order valence-electron chi connectivity index (χ1n) is 16.2. The van der Waals surface area contributed by atoms with Crippen molar-refractivity contribution in [1.29, 1.82) is 0 Å². The quantitative estimate of drug-likeness (QED) is 0.0730. The van der Waals surface area contributed by atoms with Crippen LogP contribution in [0.2, 0.25) is 0 Å². The summed E-state index contributed by atoms with van der Waals surface area (Å²) in [6.07, 6.45) is 0.234. The zero-order valence-corrected chi connectivity index (χ0v) is 29.5. The first kappa shape index (κ1) is 35.2. The maximum atomic E-state index is 15.0. The van der Waals surface area contributed by atoms with Gasteiger partial charge in [0.25, 0.3) is 0 Å². The standard InChI is InChI=1S/C41H42NO6P/c1-29-34(26-27-35(43)46-5)37(39(44)48-41(2,3)4)42-36(29)38(40(45)47-28-30-18-10-6-11-19-30)49(31-20-12-7-13-21-31,32-22-14-8-15-23-32)33-24-16-9-17-25-33/h6-25,42H,26-28H2,1-5H3/i38+1. The molecule has 0 aliphatic carbocycles. The van der Waals surface area contributed by atoms with Crippen LogP contribution in [-0.2, 0) is 36.8 Å². The number of hydrogen-bond donors (Lipinski definition) is 1. The van der Waals surface area contributed by atoms with Gasteiger partial charge in [0, 0.05) is 6.42 Å². The van der Waals surface area contributed by atoms with Crippen molar-refractivity contribution in [1.82, 2.24) is 4.98 Å². The van der Waals surface area contributed by atoms with E-state index in [1.807, 2.05) is 128 Å². The average molecular weight is 677 g/mol. The van der Waals surface area contributed by atoms with Crippen molar-refractivity contribution < 1.29 is 28.6 Å². The number of aromatic amines is 1. The first-order chi connectivity index (χ1) is 23.6. The number of aromatic nitrogens is 1. The van der Waals surface area contributed by atoms with Crippen LogP contribution in [0.15, 0.2) is 121 Å². The lowest BCUT2D eigenvalue weighted by Crippen LogP contribution is -2.35. The topological polar surface area (TPSA) is 94.7 Å². The fourth-order valence-electron chi connectivity index (χ4n) is 6.00. The van der Waals surface area contributed by atoms with Gasteiger partial charge in [-0.05, 0) is 73.6 Å². The highest BCUT2D eigenvalue weighted by atomic mass is 31.2. The van der Waals surface area contributed by atoms with E-state index in [1.165, 1.54) is 7.11 Å². The Morgan fingerprint density at radius 1 is 0.694 bits per heavy atom. The van der Waals surface area contributed by atoms with Gasteiger partial charge in [0.15, 0.2) is 0 Å². The maximum Gasteiger partial charge on any atom is 0.355 e. The Morgan fingerprint density at radius 3 is 1.61 bits per heavy atom. The molecule has 0 atom stereocenters. The number of esters is 3. The van der Waals surface area contributed by atoms with Crippen molar-refractivity contribution in [2.24, 2.45) is 0 Å². The van der Waals surface area contributed by atoms with Gasteiger partial charge >= 0.3 is 17.9 Å². The summed E-state index contributed by atoms with van der Waals surface area (Å²) in [4.78, 5) is 44.6. The fraction of sp³-hybridized carbons (Fsp3) is 0.220. The Hall–Kier alpha value is -5.13. The molecule has 0 saturated heterocycles. The van der Waals surface area contributed by atoms with Gasteiger partial charge in [-0.1, -0.05) is 121 Å². The number of carbonyl (C=O) groups excluding carboxylic acids is 3. The van der Waals surface area contributed by atoms with Crippen LogP contribution in [0.4, 0.5) is 0 Å². The Bertz CT molecular complexity index is 1860. The molecule has 7 nitrogen and oxygen atoms in total. The summed E-state index contributed by atoms with van der Waals surface area (Å²) >= 11 is 0. The van der Waals surface area contributed by atoms with Crippen LogP contribution in [0.5, 0.6) is 0 Å². The Kier molecular flexibility index (Phi) is 11.1. The van der Waals surface area contributed by atoms with E-state index in [2.05, 4.69) is 4.98 Å². The largest absolute Gasteiger partial charge is 0.469 e. The van der Waals surface area contributed by atoms with Crippen LogP contribution in [0, 0.1) is 6.92 Å². The third-order valence-corrected chi connectivity index (χ3v) is 12.5. The molecule has 0 bridgehead atoms. The second-order valence-electron chi connectivity index (χ2n) is 12.6. The van der Waals surface area contributed by atoms with E-state index in [1.54, 1.807) is 20.8 Å². The summed E-state index contributed by atoms with van der Waals surface area (Å²) in [5.74, 6) is -1.52. The molecule has 5 aromatic rings. The van der Waals surface area contributed by atoms with Crippen molar-refractivity contribution in [3.05, 3.63) is 149 Å². The normalized spacial score (nSPS) is 11.4. The molecule has 5 rings (SSSR count). The summed E-state index contributed by atoms with van der Waals surface area (Å²) in [5.41, 5.74) is 1.94. The molecule has 0 amide bonds. The van der Waals surface area contributed by atoms with Gasteiger partial charge in [-0.25, -0.2) is 9.59 Å². The molecular formula is C41H42NO6P. The minimum Gasteiger partial charge on any atom is -0.469 e. The second kappa shape index (κ2) is 15.4. The number of benzene rings is 4. The van der Waals surface area contributed by atoms with Crippen LogP contribution >= 0.6 is 6.89 Å². The molecule has 1 heterocycles. The predicted molar refractivity (Wildman–Crippen MR) is 197 cm³/mol. The van der Waals surface area contributed by atoms with E-state index < -0.39 is 30.4 Å². The van der Waals surface area contributed by atoms with Crippen LogP contribution in [0.3, 0.4) is 0 Å². The highest BCUT2D eigenvalue weighted by Gasteiger charge is 2.38. The maximum absolute atomic E-state index is 15.0. The summed E-state index contributed by atoms with van der Waals surface area (Å²) in [5, 5.41) is 3.20. The third kappa shape index (κ3) is 7.79. The highest BCUT2D eigenvalue weighted by molar-refractivity contribution is 7.96. The van der Waals surface area contributed by atoms with Gasteiger partial charge in [-0.15, -0.1) is 0 Å². The SMILES string of the molecule is COC(=O)CCc1c(C(=O)OC(C)(C)C)[nH]c([13C](C(=O)OCc2ccccc2)=P(c2ccccc2)(c2ccccc2)c2ccccc2)c1C. The van der Waals surface area contributed by atoms with Crippen LogP contribution in [0.25, 0.3) is 0 Å². The third-order valence-electron chi connectivity index (χ3n) is 8.20. The molecule has 49 heavy (non-hydrogen) atoms. The minimum atomic E-state index is -3.04. The minimum absolute atomic E-state index is 0.0363. The molecule has 0 unspecified atom stereocenters. The molecule has 0 aliphatic rings. The molecule has 1 aromatic heterocycles. The molecule has 0 fully saturated rings. The molecule has 0 spiro atoms. The number of methoxy groups -OCH3 is 1. The fourth-order valence-corrected chi connectivity index (χ4v) is 10.4. The number of nitrogens with one attached hydrogen (secondary N) is 1. The predicted octanol–water partition coefficient (Wildman–Crippen LogP) is 6.64. The van der Waals surface area contributed by atoms with Gasteiger partial charge in [-0.3, -0.25) is 4.79 Å². The van der Waals surface area contributed by atoms with Crippen molar-refractivity contribution in [2.45, 2.75) is 52.7 Å². The van der Waals surface area contributed by atoms with E-state index in [0.717, 1.165) is 21.5 Å². The number of rotatable bonds is 11. The lowest BCUT2D eigenvalue weighted by molar-refractivity contribution is -0.140. The Balaban J connectivity index is 1.93. The summed E-state index contributed by atoms with van der Waals surface area (Å²) in [7, 11) is 1.33. The van der Waals surface area contributed by atoms with Gasteiger partial charge in [0.05, 0.1) is 18.1 Å². The van der Waals surface area contributed by atoms with Crippen LogP contribution in [0.1, 0.15) is 60.1 Å².